The van der Waals surface area contributed by atoms with E-state index in [1.165, 1.54) is 12.1 Å². The highest BCUT2D eigenvalue weighted by Crippen LogP contribution is 2.18. The van der Waals surface area contributed by atoms with Crippen LogP contribution in [-0.2, 0) is 6.42 Å². The van der Waals surface area contributed by atoms with Crippen molar-refractivity contribution in [3.8, 4) is 5.75 Å². The molecule has 112 valence electrons. The molecule has 0 saturated heterocycles. The van der Waals surface area contributed by atoms with E-state index in [-0.39, 0.29) is 11.7 Å². The van der Waals surface area contributed by atoms with Crippen LogP contribution in [0.2, 0.25) is 0 Å². The summed E-state index contributed by atoms with van der Waals surface area (Å²) in [5.74, 6) is -0.0432. The SMILES string of the molecule is CCc1nc2ccc(C)cn2c1C(=O)Nc1ccc(O)cc1. The fourth-order valence-electron chi connectivity index (χ4n) is 2.42. The monoisotopic (exact) mass is 295 g/mol. The van der Waals surface area contributed by atoms with Gasteiger partial charge in [0.1, 0.15) is 17.1 Å². The van der Waals surface area contributed by atoms with E-state index in [2.05, 4.69) is 10.3 Å². The molecule has 1 aromatic carbocycles. The van der Waals surface area contributed by atoms with Crippen molar-refractivity contribution in [3.05, 3.63) is 59.5 Å². The van der Waals surface area contributed by atoms with Crippen LogP contribution >= 0.6 is 0 Å². The molecule has 0 atom stereocenters. The zero-order valence-electron chi connectivity index (χ0n) is 12.5. The lowest BCUT2D eigenvalue weighted by atomic mass is 10.2. The molecule has 2 aromatic heterocycles. The van der Waals surface area contributed by atoms with Crippen molar-refractivity contribution in [1.29, 1.82) is 0 Å². The minimum atomic E-state index is -0.208. The number of nitrogens with one attached hydrogen (secondary N) is 1. The second kappa shape index (κ2) is 5.52. The zero-order valence-corrected chi connectivity index (χ0v) is 12.5. The Labute approximate surface area is 128 Å². The van der Waals surface area contributed by atoms with Crippen LogP contribution in [0, 0.1) is 6.92 Å². The summed E-state index contributed by atoms with van der Waals surface area (Å²) in [6.45, 7) is 3.96. The van der Waals surface area contributed by atoms with Crippen molar-refractivity contribution in [2.75, 3.05) is 5.32 Å². The van der Waals surface area contributed by atoms with Gasteiger partial charge in [0.05, 0.1) is 5.69 Å². The highest BCUT2D eigenvalue weighted by molar-refractivity contribution is 6.04. The molecule has 0 radical (unpaired) electrons. The van der Waals surface area contributed by atoms with E-state index in [9.17, 15) is 9.90 Å². The van der Waals surface area contributed by atoms with E-state index in [4.69, 9.17) is 0 Å². The van der Waals surface area contributed by atoms with Crippen LogP contribution in [0.4, 0.5) is 5.69 Å². The Balaban J connectivity index is 2.02. The van der Waals surface area contributed by atoms with E-state index < -0.39 is 0 Å². The molecule has 2 N–H and O–H groups in total. The first kappa shape index (κ1) is 14.1. The van der Waals surface area contributed by atoms with Crippen molar-refractivity contribution in [1.82, 2.24) is 9.38 Å². The van der Waals surface area contributed by atoms with Gasteiger partial charge in [0.25, 0.3) is 5.91 Å². The summed E-state index contributed by atoms with van der Waals surface area (Å²) in [6.07, 6.45) is 2.59. The first-order valence-corrected chi connectivity index (χ1v) is 7.16. The Hall–Kier alpha value is -2.82. The quantitative estimate of drug-likeness (QED) is 0.729. The molecule has 0 bridgehead atoms. The number of pyridine rings is 1. The Morgan fingerprint density at radius 2 is 1.95 bits per heavy atom. The number of carbonyl (C=O) groups is 1. The molecule has 0 aliphatic heterocycles. The number of fused-ring (bicyclic) bond motifs is 1. The summed E-state index contributed by atoms with van der Waals surface area (Å²) in [4.78, 5) is 17.1. The molecule has 0 spiro atoms. The molecule has 0 saturated carbocycles. The van der Waals surface area contributed by atoms with Gasteiger partial charge in [-0.05, 0) is 49.2 Å². The number of imidazole rings is 1. The lowest BCUT2D eigenvalue weighted by molar-refractivity contribution is 0.102. The first-order valence-electron chi connectivity index (χ1n) is 7.16. The number of anilines is 1. The van der Waals surface area contributed by atoms with Gasteiger partial charge in [-0.15, -0.1) is 0 Å². The van der Waals surface area contributed by atoms with Crippen molar-refractivity contribution in [2.24, 2.45) is 0 Å². The predicted octanol–water partition coefficient (Wildman–Crippen LogP) is 3.16. The zero-order chi connectivity index (χ0) is 15.7. The van der Waals surface area contributed by atoms with Crippen molar-refractivity contribution in [3.63, 3.8) is 0 Å². The highest BCUT2D eigenvalue weighted by atomic mass is 16.3. The molecule has 5 nitrogen and oxygen atoms in total. The van der Waals surface area contributed by atoms with Crippen LogP contribution in [0.15, 0.2) is 42.6 Å². The van der Waals surface area contributed by atoms with Gasteiger partial charge < -0.3 is 10.4 Å². The number of phenols is 1. The van der Waals surface area contributed by atoms with Crippen molar-refractivity contribution >= 4 is 17.2 Å². The largest absolute Gasteiger partial charge is 0.508 e. The van der Waals surface area contributed by atoms with Crippen molar-refractivity contribution in [2.45, 2.75) is 20.3 Å². The summed E-state index contributed by atoms with van der Waals surface area (Å²) >= 11 is 0. The van der Waals surface area contributed by atoms with Gasteiger partial charge in [-0.3, -0.25) is 9.20 Å². The minimum absolute atomic E-state index is 0.165. The van der Waals surface area contributed by atoms with Crippen molar-refractivity contribution < 1.29 is 9.90 Å². The molecule has 22 heavy (non-hydrogen) atoms. The molecule has 2 heterocycles. The second-order valence-electron chi connectivity index (χ2n) is 5.20. The van der Waals surface area contributed by atoms with E-state index in [0.29, 0.717) is 17.8 Å². The highest BCUT2D eigenvalue weighted by Gasteiger charge is 2.18. The Morgan fingerprint density at radius 3 is 2.64 bits per heavy atom. The maximum Gasteiger partial charge on any atom is 0.274 e. The predicted molar refractivity (Wildman–Crippen MR) is 85.4 cm³/mol. The van der Waals surface area contributed by atoms with E-state index >= 15 is 0 Å². The standard InChI is InChI=1S/C17H17N3O2/c1-3-14-16(20-10-11(2)4-9-15(20)19-14)17(22)18-12-5-7-13(21)8-6-12/h4-10,21H,3H2,1-2H3,(H,18,22). The van der Waals surface area contributed by atoms with Gasteiger partial charge in [-0.25, -0.2) is 4.98 Å². The van der Waals surface area contributed by atoms with Gasteiger partial charge in [0.15, 0.2) is 0 Å². The van der Waals surface area contributed by atoms with Crippen LogP contribution < -0.4 is 5.32 Å². The number of aromatic nitrogens is 2. The number of rotatable bonds is 3. The van der Waals surface area contributed by atoms with Crippen LogP contribution in [0.25, 0.3) is 5.65 Å². The maximum absolute atomic E-state index is 12.6. The normalized spacial score (nSPS) is 10.8. The summed E-state index contributed by atoms with van der Waals surface area (Å²) < 4.78 is 1.82. The number of aromatic hydroxyl groups is 1. The number of benzene rings is 1. The Kier molecular flexibility index (Phi) is 3.55. The molecule has 3 aromatic rings. The lowest BCUT2D eigenvalue weighted by Crippen LogP contribution is -2.16. The first-order chi connectivity index (χ1) is 10.6. The molecule has 0 unspecified atom stereocenters. The third kappa shape index (κ3) is 2.53. The number of hydrogen-bond donors (Lipinski definition) is 2. The Bertz CT molecular complexity index is 835. The number of phenolic OH excluding ortho intramolecular Hbond substituents is 1. The van der Waals surface area contributed by atoms with Gasteiger partial charge in [0, 0.05) is 11.9 Å². The molecule has 0 aliphatic rings. The number of nitrogens with zero attached hydrogens (tertiary/aromatic N) is 2. The van der Waals surface area contributed by atoms with Crippen LogP contribution in [-0.4, -0.2) is 20.4 Å². The number of carbonyl (C=O) groups excluding carboxylic acids is 1. The lowest BCUT2D eigenvalue weighted by Gasteiger charge is -2.07. The van der Waals surface area contributed by atoms with Crippen LogP contribution in [0.3, 0.4) is 0 Å². The second-order valence-corrected chi connectivity index (χ2v) is 5.20. The van der Waals surface area contributed by atoms with Gasteiger partial charge >= 0.3 is 0 Å². The van der Waals surface area contributed by atoms with Gasteiger partial charge in [-0.1, -0.05) is 13.0 Å². The number of amides is 1. The van der Waals surface area contributed by atoms with Crippen LogP contribution in [0.1, 0.15) is 28.7 Å². The average molecular weight is 295 g/mol. The van der Waals surface area contributed by atoms with Gasteiger partial charge in [-0.2, -0.15) is 0 Å². The summed E-state index contributed by atoms with van der Waals surface area (Å²) in [6, 6.07) is 10.3. The molecule has 5 heteroatoms. The van der Waals surface area contributed by atoms with Gasteiger partial charge in [0.2, 0.25) is 0 Å². The smallest absolute Gasteiger partial charge is 0.274 e. The molecule has 0 aliphatic carbocycles. The summed E-state index contributed by atoms with van der Waals surface area (Å²) in [5, 5.41) is 12.1. The minimum Gasteiger partial charge on any atom is -0.508 e. The molecule has 0 fully saturated rings. The Morgan fingerprint density at radius 1 is 1.23 bits per heavy atom. The molecule has 3 rings (SSSR count). The van der Waals surface area contributed by atoms with E-state index in [1.54, 1.807) is 12.1 Å². The fraction of sp³-hybridized carbons (Fsp3) is 0.176. The summed E-state index contributed by atoms with van der Waals surface area (Å²) in [7, 11) is 0. The maximum atomic E-state index is 12.6. The number of hydrogen-bond acceptors (Lipinski definition) is 3. The van der Waals surface area contributed by atoms with E-state index in [1.807, 2.05) is 36.6 Å². The third-order valence-electron chi connectivity index (χ3n) is 3.51. The van der Waals surface area contributed by atoms with Crippen LogP contribution in [0.5, 0.6) is 5.75 Å². The topological polar surface area (TPSA) is 66.6 Å². The molecular weight excluding hydrogens is 278 g/mol. The summed E-state index contributed by atoms with van der Waals surface area (Å²) in [5.41, 5.74) is 3.77. The third-order valence-corrected chi connectivity index (χ3v) is 3.51. The molecular formula is C17H17N3O2. The van der Waals surface area contributed by atoms with E-state index in [0.717, 1.165) is 16.9 Å². The molecule has 1 amide bonds. The number of aryl methyl sites for hydroxylation is 2. The average Bonchev–Trinajstić information content (AvgIpc) is 2.87. The fourth-order valence-corrected chi connectivity index (χ4v) is 2.42.